The van der Waals surface area contributed by atoms with Gasteiger partial charge in [-0.05, 0) is 61.3 Å². The Bertz CT molecular complexity index is 841. The number of rotatable bonds is 9. The fraction of sp³-hybridized carbons (Fsp3) is 0.333. The average molecular weight is 397 g/mol. The minimum absolute atomic E-state index is 0.0260. The molecule has 142 valence electrons. The van der Waals surface area contributed by atoms with E-state index in [-0.39, 0.29) is 21.3 Å². The van der Waals surface area contributed by atoms with E-state index < -0.39 is 19.7 Å². The molecule has 0 atom stereocenters. The van der Waals surface area contributed by atoms with Gasteiger partial charge in [0.2, 0.25) is 0 Å². The van der Waals surface area contributed by atoms with Crippen LogP contribution in [-0.2, 0) is 19.7 Å². The standard InChI is InChI=1S/C18H24N2O4S2/c19-11-1-13-25(21,22)17-7-3-15(4-8-17)16-5-9-18(10-6-16)26(23,24)14-2-12-20/h3-10H,1-2,11-14,19-20H2. The van der Waals surface area contributed by atoms with Gasteiger partial charge in [0.1, 0.15) is 0 Å². The van der Waals surface area contributed by atoms with Gasteiger partial charge < -0.3 is 11.5 Å². The van der Waals surface area contributed by atoms with Gasteiger partial charge in [0, 0.05) is 0 Å². The Morgan fingerprint density at radius 2 is 0.885 bits per heavy atom. The van der Waals surface area contributed by atoms with Gasteiger partial charge in [0.15, 0.2) is 19.7 Å². The summed E-state index contributed by atoms with van der Waals surface area (Å²) < 4.78 is 48.6. The molecule has 8 heteroatoms. The predicted molar refractivity (Wildman–Crippen MR) is 103 cm³/mol. The Morgan fingerprint density at radius 1 is 0.577 bits per heavy atom. The molecule has 2 aromatic carbocycles. The van der Waals surface area contributed by atoms with E-state index in [4.69, 9.17) is 11.5 Å². The summed E-state index contributed by atoms with van der Waals surface area (Å²) in [6, 6.07) is 13.1. The quantitative estimate of drug-likeness (QED) is 0.664. The van der Waals surface area contributed by atoms with Crippen molar-refractivity contribution in [3.63, 3.8) is 0 Å². The van der Waals surface area contributed by atoms with Gasteiger partial charge in [-0.25, -0.2) is 16.8 Å². The van der Waals surface area contributed by atoms with E-state index in [1.54, 1.807) is 48.5 Å². The summed E-state index contributed by atoms with van der Waals surface area (Å²) in [5, 5.41) is 0. The molecule has 0 radical (unpaired) electrons. The normalized spacial score (nSPS) is 12.2. The summed E-state index contributed by atoms with van der Waals surface area (Å²) in [7, 11) is -6.65. The van der Waals surface area contributed by atoms with Crippen LogP contribution >= 0.6 is 0 Å². The summed E-state index contributed by atoms with van der Waals surface area (Å²) in [5.74, 6) is 0.0520. The molecule has 0 aliphatic rings. The molecule has 2 aromatic rings. The molecule has 26 heavy (non-hydrogen) atoms. The van der Waals surface area contributed by atoms with Crippen molar-refractivity contribution in [3.05, 3.63) is 48.5 Å². The number of benzene rings is 2. The molecule has 0 bridgehead atoms. The van der Waals surface area contributed by atoms with E-state index >= 15 is 0 Å². The second kappa shape index (κ2) is 8.77. The van der Waals surface area contributed by atoms with Crippen LogP contribution in [0.5, 0.6) is 0 Å². The second-order valence-corrected chi connectivity index (χ2v) is 10.2. The zero-order valence-electron chi connectivity index (χ0n) is 14.5. The van der Waals surface area contributed by atoms with Crippen LogP contribution in [0.25, 0.3) is 11.1 Å². The molecule has 0 unspecified atom stereocenters. The highest BCUT2D eigenvalue weighted by atomic mass is 32.2. The third kappa shape index (κ3) is 5.14. The molecule has 0 aliphatic carbocycles. The van der Waals surface area contributed by atoms with Crippen LogP contribution in [-0.4, -0.2) is 41.4 Å². The highest BCUT2D eigenvalue weighted by Crippen LogP contribution is 2.24. The fourth-order valence-electron chi connectivity index (χ4n) is 2.49. The smallest absolute Gasteiger partial charge is 0.178 e. The third-order valence-electron chi connectivity index (χ3n) is 3.99. The van der Waals surface area contributed by atoms with Crippen molar-refractivity contribution >= 4 is 19.7 Å². The van der Waals surface area contributed by atoms with Crippen LogP contribution in [0.15, 0.2) is 58.3 Å². The number of sulfone groups is 2. The predicted octanol–water partition coefficient (Wildman–Crippen LogP) is 1.60. The van der Waals surface area contributed by atoms with E-state index in [9.17, 15) is 16.8 Å². The second-order valence-electron chi connectivity index (χ2n) is 5.97. The van der Waals surface area contributed by atoms with Crippen molar-refractivity contribution in [2.75, 3.05) is 24.6 Å². The summed E-state index contributed by atoms with van der Waals surface area (Å²) in [5.41, 5.74) is 12.4. The molecule has 0 spiro atoms. The van der Waals surface area contributed by atoms with Crippen molar-refractivity contribution in [3.8, 4) is 11.1 Å². The first-order valence-electron chi connectivity index (χ1n) is 8.36. The SMILES string of the molecule is NCCCS(=O)(=O)c1ccc(-c2ccc(S(=O)(=O)CCCN)cc2)cc1. The van der Waals surface area contributed by atoms with Gasteiger partial charge in [0.05, 0.1) is 21.3 Å². The van der Waals surface area contributed by atoms with Crippen LogP contribution in [0.1, 0.15) is 12.8 Å². The third-order valence-corrected chi connectivity index (χ3v) is 7.63. The molecule has 0 aliphatic heterocycles. The largest absolute Gasteiger partial charge is 0.330 e. The highest BCUT2D eigenvalue weighted by Gasteiger charge is 2.15. The number of hydrogen-bond acceptors (Lipinski definition) is 6. The van der Waals surface area contributed by atoms with E-state index in [0.717, 1.165) is 11.1 Å². The topological polar surface area (TPSA) is 120 Å². The summed E-state index contributed by atoms with van der Waals surface area (Å²) in [6.45, 7) is 0.662. The molecule has 6 nitrogen and oxygen atoms in total. The van der Waals surface area contributed by atoms with Crippen molar-refractivity contribution in [1.82, 2.24) is 0 Å². The van der Waals surface area contributed by atoms with Gasteiger partial charge in [-0.3, -0.25) is 0 Å². The Labute approximate surface area is 155 Å². The highest BCUT2D eigenvalue weighted by molar-refractivity contribution is 7.91. The monoisotopic (exact) mass is 396 g/mol. The van der Waals surface area contributed by atoms with Crippen LogP contribution < -0.4 is 11.5 Å². The minimum Gasteiger partial charge on any atom is -0.330 e. The number of hydrogen-bond donors (Lipinski definition) is 2. The van der Waals surface area contributed by atoms with E-state index in [1.807, 2.05) is 0 Å². The zero-order valence-corrected chi connectivity index (χ0v) is 16.1. The van der Waals surface area contributed by atoms with Crippen molar-refractivity contribution in [2.24, 2.45) is 11.5 Å². The lowest BCUT2D eigenvalue weighted by molar-refractivity contribution is 0.592. The first kappa shape index (κ1) is 20.6. The molecule has 2 rings (SSSR count). The van der Waals surface area contributed by atoms with Crippen molar-refractivity contribution in [2.45, 2.75) is 22.6 Å². The van der Waals surface area contributed by atoms with Gasteiger partial charge in [-0.2, -0.15) is 0 Å². The molecular weight excluding hydrogens is 372 g/mol. The average Bonchev–Trinajstić information content (AvgIpc) is 2.65. The minimum atomic E-state index is -3.33. The first-order valence-corrected chi connectivity index (χ1v) is 11.7. The summed E-state index contributed by atoms with van der Waals surface area (Å²) >= 11 is 0. The van der Waals surface area contributed by atoms with E-state index in [1.165, 1.54) is 0 Å². The molecule has 0 aromatic heterocycles. The fourth-order valence-corrected chi connectivity index (χ4v) is 5.16. The Hall–Kier alpha value is -1.74. The molecule has 0 fully saturated rings. The van der Waals surface area contributed by atoms with Gasteiger partial charge in [-0.1, -0.05) is 24.3 Å². The lowest BCUT2D eigenvalue weighted by Gasteiger charge is -2.08. The maximum atomic E-state index is 12.1. The zero-order chi connectivity index (χ0) is 19.2. The maximum absolute atomic E-state index is 12.1. The Balaban J connectivity index is 2.20. The van der Waals surface area contributed by atoms with Crippen LogP contribution in [0.4, 0.5) is 0 Å². The first-order chi connectivity index (χ1) is 12.3. The lowest BCUT2D eigenvalue weighted by Crippen LogP contribution is -2.11. The summed E-state index contributed by atoms with van der Waals surface area (Å²) in [6.07, 6.45) is 0.842. The molecule has 0 saturated carbocycles. The molecular formula is C18H24N2O4S2. The van der Waals surface area contributed by atoms with Gasteiger partial charge >= 0.3 is 0 Å². The Kier molecular flexibility index (Phi) is 6.94. The lowest BCUT2D eigenvalue weighted by atomic mass is 10.1. The van der Waals surface area contributed by atoms with Crippen molar-refractivity contribution < 1.29 is 16.8 Å². The Morgan fingerprint density at radius 3 is 1.15 bits per heavy atom. The van der Waals surface area contributed by atoms with Gasteiger partial charge in [-0.15, -0.1) is 0 Å². The van der Waals surface area contributed by atoms with Crippen LogP contribution in [0.3, 0.4) is 0 Å². The van der Waals surface area contributed by atoms with E-state index in [2.05, 4.69) is 0 Å². The van der Waals surface area contributed by atoms with Crippen molar-refractivity contribution in [1.29, 1.82) is 0 Å². The van der Waals surface area contributed by atoms with E-state index in [0.29, 0.717) is 25.9 Å². The van der Waals surface area contributed by atoms with Crippen LogP contribution in [0, 0.1) is 0 Å². The van der Waals surface area contributed by atoms with Gasteiger partial charge in [0.25, 0.3) is 0 Å². The maximum Gasteiger partial charge on any atom is 0.178 e. The van der Waals surface area contributed by atoms with Crippen LogP contribution in [0.2, 0.25) is 0 Å². The molecule has 4 N–H and O–H groups in total. The summed E-state index contributed by atoms with van der Waals surface area (Å²) in [4.78, 5) is 0.520. The number of nitrogens with two attached hydrogens (primary N) is 2. The molecule has 0 heterocycles. The molecule has 0 saturated heterocycles. The molecule has 0 amide bonds.